The summed E-state index contributed by atoms with van der Waals surface area (Å²) in [4.78, 5) is 0. The standard InChI is InChI=1S/C10H9BrClN/c1-2-3-10(13)8-6-7(11)4-5-9(8)12/h1,4-6,10H,3,13H2. The summed E-state index contributed by atoms with van der Waals surface area (Å²) in [6, 6.07) is 5.38. The highest BCUT2D eigenvalue weighted by molar-refractivity contribution is 9.10. The van der Waals surface area contributed by atoms with Gasteiger partial charge in [-0.1, -0.05) is 27.5 Å². The molecule has 1 rings (SSSR count). The van der Waals surface area contributed by atoms with Crippen LogP contribution in [0.2, 0.25) is 5.02 Å². The van der Waals surface area contributed by atoms with Crippen LogP contribution >= 0.6 is 27.5 Å². The fourth-order valence-electron chi connectivity index (χ4n) is 1.04. The molecule has 0 heterocycles. The average Bonchev–Trinajstić information content (AvgIpc) is 2.09. The molecule has 0 saturated carbocycles. The number of hydrogen-bond acceptors (Lipinski definition) is 1. The maximum atomic E-state index is 5.96. The summed E-state index contributed by atoms with van der Waals surface area (Å²) in [5, 5.41) is 0.658. The summed E-state index contributed by atoms with van der Waals surface area (Å²) in [7, 11) is 0. The Hall–Kier alpha value is -0.490. The quantitative estimate of drug-likeness (QED) is 0.811. The van der Waals surface area contributed by atoms with Crippen LogP contribution in [0, 0.1) is 12.3 Å². The van der Waals surface area contributed by atoms with Crippen molar-refractivity contribution in [1.29, 1.82) is 0 Å². The monoisotopic (exact) mass is 257 g/mol. The molecule has 0 aromatic heterocycles. The van der Waals surface area contributed by atoms with Crippen molar-refractivity contribution in [2.24, 2.45) is 5.73 Å². The zero-order valence-corrected chi connectivity index (χ0v) is 9.27. The van der Waals surface area contributed by atoms with Gasteiger partial charge in [-0.05, 0) is 23.8 Å². The van der Waals surface area contributed by atoms with E-state index in [1.165, 1.54) is 0 Å². The molecule has 0 aliphatic heterocycles. The average molecular weight is 259 g/mol. The van der Waals surface area contributed by atoms with Gasteiger partial charge in [0, 0.05) is 22.0 Å². The van der Waals surface area contributed by atoms with Gasteiger partial charge in [-0.15, -0.1) is 12.3 Å². The third-order valence-electron chi connectivity index (χ3n) is 1.70. The van der Waals surface area contributed by atoms with E-state index in [9.17, 15) is 0 Å². The summed E-state index contributed by atoms with van der Waals surface area (Å²) >= 11 is 9.31. The van der Waals surface area contributed by atoms with Crippen LogP contribution in [0.1, 0.15) is 18.0 Å². The van der Waals surface area contributed by atoms with E-state index >= 15 is 0 Å². The molecule has 0 saturated heterocycles. The molecule has 1 nitrogen and oxygen atoms in total. The molecule has 0 aliphatic rings. The molecule has 13 heavy (non-hydrogen) atoms. The maximum absolute atomic E-state index is 5.96. The molecule has 1 unspecified atom stereocenters. The second kappa shape index (κ2) is 4.66. The van der Waals surface area contributed by atoms with Gasteiger partial charge >= 0.3 is 0 Å². The van der Waals surface area contributed by atoms with Crippen molar-refractivity contribution in [3.05, 3.63) is 33.3 Å². The second-order valence-electron chi connectivity index (χ2n) is 2.68. The Balaban J connectivity index is 3.00. The van der Waals surface area contributed by atoms with Crippen LogP contribution in [0.5, 0.6) is 0 Å². The van der Waals surface area contributed by atoms with Gasteiger partial charge in [-0.3, -0.25) is 0 Å². The molecule has 0 aliphatic carbocycles. The van der Waals surface area contributed by atoms with Crippen molar-refractivity contribution in [2.75, 3.05) is 0 Å². The van der Waals surface area contributed by atoms with Crippen molar-refractivity contribution in [3.8, 4) is 12.3 Å². The Bertz CT molecular complexity index is 343. The predicted molar refractivity (Wildman–Crippen MR) is 59.5 cm³/mol. The lowest BCUT2D eigenvalue weighted by molar-refractivity contribution is 0.754. The van der Waals surface area contributed by atoms with E-state index < -0.39 is 0 Å². The minimum absolute atomic E-state index is 0.185. The SMILES string of the molecule is C#CCC(N)c1cc(Br)ccc1Cl. The van der Waals surface area contributed by atoms with E-state index in [2.05, 4.69) is 21.9 Å². The van der Waals surface area contributed by atoms with Crippen LogP contribution < -0.4 is 5.73 Å². The first-order chi connectivity index (χ1) is 6.15. The van der Waals surface area contributed by atoms with Gasteiger partial charge < -0.3 is 5.73 Å². The maximum Gasteiger partial charge on any atom is 0.0454 e. The van der Waals surface area contributed by atoms with E-state index in [-0.39, 0.29) is 6.04 Å². The zero-order chi connectivity index (χ0) is 9.84. The van der Waals surface area contributed by atoms with Gasteiger partial charge in [-0.25, -0.2) is 0 Å². The summed E-state index contributed by atoms with van der Waals surface area (Å²) in [5.41, 5.74) is 6.71. The number of halogens is 2. The molecular weight excluding hydrogens is 249 g/mol. The van der Waals surface area contributed by atoms with Crippen LogP contribution in [-0.4, -0.2) is 0 Å². The topological polar surface area (TPSA) is 26.0 Å². The normalized spacial score (nSPS) is 12.2. The lowest BCUT2D eigenvalue weighted by Gasteiger charge is -2.10. The Labute approximate surface area is 91.4 Å². The third-order valence-corrected chi connectivity index (χ3v) is 2.53. The van der Waals surface area contributed by atoms with Crippen LogP contribution in [0.25, 0.3) is 0 Å². The van der Waals surface area contributed by atoms with Crippen molar-refractivity contribution in [3.63, 3.8) is 0 Å². The number of terminal acetylenes is 1. The van der Waals surface area contributed by atoms with Crippen LogP contribution in [-0.2, 0) is 0 Å². The molecule has 0 bridgehead atoms. The highest BCUT2D eigenvalue weighted by Crippen LogP contribution is 2.26. The van der Waals surface area contributed by atoms with E-state index in [4.69, 9.17) is 23.8 Å². The summed E-state index contributed by atoms with van der Waals surface area (Å²) in [5.74, 6) is 2.51. The van der Waals surface area contributed by atoms with Crippen LogP contribution in [0.3, 0.4) is 0 Å². The van der Waals surface area contributed by atoms with Gasteiger partial charge in [0.25, 0.3) is 0 Å². The molecule has 1 atom stereocenters. The zero-order valence-electron chi connectivity index (χ0n) is 6.93. The van der Waals surface area contributed by atoms with Gasteiger partial charge in [0.1, 0.15) is 0 Å². The van der Waals surface area contributed by atoms with Gasteiger partial charge in [0.2, 0.25) is 0 Å². The fraction of sp³-hybridized carbons (Fsp3) is 0.200. The van der Waals surface area contributed by atoms with E-state index in [1.807, 2.05) is 12.1 Å². The van der Waals surface area contributed by atoms with Crippen LogP contribution in [0.15, 0.2) is 22.7 Å². The first-order valence-electron chi connectivity index (χ1n) is 3.79. The van der Waals surface area contributed by atoms with E-state index in [0.717, 1.165) is 10.0 Å². The van der Waals surface area contributed by atoms with Crippen molar-refractivity contribution >= 4 is 27.5 Å². The minimum Gasteiger partial charge on any atom is -0.323 e. The second-order valence-corrected chi connectivity index (χ2v) is 4.00. The first-order valence-corrected chi connectivity index (χ1v) is 4.96. The van der Waals surface area contributed by atoms with Gasteiger partial charge in [0.15, 0.2) is 0 Å². The Kier molecular flexibility index (Phi) is 3.80. The molecule has 1 aromatic carbocycles. The Morgan fingerprint density at radius 3 is 2.92 bits per heavy atom. The molecule has 0 spiro atoms. The molecule has 2 N–H and O–H groups in total. The number of rotatable bonds is 2. The third kappa shape index (κ3) is 2.73. The lowest BCUT2D eigenvalue weighted by atomic mass is 10.1. The van der Waals surface area contributed by atoms with Crippen LogP contribution in [0.4, 0.5) is 0 Å². The molecule has 0 fully saturated rings. The lowest BCUT2D eigenvalue weighted by Crippen LogP contribution is -2.09. The highest BCUT2D eigenvalue weighted by atomic mass is 79.9. The van der Waals surface area contributed by atoms with Gasteiger partial charge in [-0.2, -0.15) is 0 Å². The molecule has 0 amide bonds. The summed E-state index contributed by atoms with van der Waals surface area (Å²) in [6.07, 6.45) is 5.67. The van der Waals surface area contributed by atoms with Crippen molar-refractivity contribution in [1.82, 2.24) is 0 Å². The smallest absolute Gasteiger partial charge is 0.0454 e. The van der Waals surface area contributed by atoms with Crippen molar-refractivity contribution < 1.29 is 0 Å². The first kappa shape index (κ1) is 10.6. The molecular formula is C10H9BrClN. The number of hydrogen-bond donors (Lipinski definition) is 1. The Morgan fingerprint density at radius 1 is 1.62 bits per heavy atom. The van der Waals surface area contributed by atoms with E-state index in [1.54, 1.807) is 6.07 Å². The molecule has 1 aromatic rings. The molecule has 0 radical (unpaired) electrons. The summed E-state index contributed by atoms with van der Waals surface area (Å²) in [6.45, 7) is 0. The van der Waals surface area contributed by atoms with E-state index in [0.29, 0.717) is 11.4 Å². The van der Waals surface area contributed by atoms with Crippen molar-refractivity contribution in [2.45, 2.75) is 12.5 Å². The number of nitrogens with two attached hydrogens (primary N) is 1. The Morgan fingerprint density at radius 2 is 2.31 bits per heavy atom. The summed E-state index contributed by atoms with van der Waals surface area (Å²) < 4.78 is 0.958. The predicted octanol–water partition coefficient (Wildman–Crippen LogP) is 3.13. The van der Waals surface area contributed by atoms with Gasteiger partial charge in [0.05, 0.1) is 0 Å². The minimum atomic E-state index is -0.185. The highest BCUT2D eigenvalue weighted by Gasteiger charge is 2.08. The number of benzene rings is 1. The fourth-order valence-corrected chi connectivity index (χ4v) is 1.67. The molecule has 3 heteroatoms. The largest absolute Gasteiger partial charge is 0.323 e. The molecule has 68 valence electrons.